The van der Waals surface area contributed by atoms with Crippen LogP contribution >= 0.6 is 0 Å². The van der Waals surface area contributed by atoms with Crippen LogP contribution in [0, 0.1) is 0 Å². The van der Waals surface area contributed by atoms with Gasteiger partial charge in [0.1, 0.15) is 0 Å². The van der Waals surface area contributed by atoms with Gasteiger partial charge in [-0.2, -0.15) is 13.2 Å². The summed E-state index contributed by atoms with van der Waals surface area (Å²) < 4.78 is 37.2. The molecule has 1 heterocycles. The smallest absolute Gasteiger partial charge is 0.302 e. The predicted molar refractivity (Wildman–Crippen MR) is 66.5 cm³/mol. The largest absolute Gasteiger partial charge is 0.416 e. The first kappa shape index (κ1) is 13.8. The zero-order chi connectivity index (χ0) is 14.0. The molecule has 0 bridgehead atoms. The minimum atomic E-state index is -4.33. The van der Waals surface area contributed by atoms with Crippen molar-refractivity contribution >= 4 is 11.9 Å². The molecular formula is C14H14F3NO. The first-order valence-electron chi connectivity index (χ1n) is 5.96. The molecule has 1 aliphatic heterocycles. The summed E-state index contributed by atoms with van der Waals surface area (Å²) in [5, 5.41) is 0. The van der Waals surface area contributed by atoms with Crippen LogP contribution < -0.4 is 0 Å². The molecule has 0 atom stereocenters. The summed E-state index contributed by atoms with van der Waals surface area (Å²) in [6.45, 7) is 1.27. The molecule has 0 radical (unpaired) electrons. The molecule has 0 amide bonds. The van der Waals surface area contributed by atoms with Crippen molar-refractivity contribution in [2.24, 2.45) is 0 Å². The van der Waals surface area contributed by atoms with Gasteiger partial charge in [0.25, 0.3) is 0 Å². The predicted octanol–water partition coefficient (Wildman–Crippen LogP) is 2.99. The van der Waals surface area contributed by atoms with Gasteiger partial charge in [-0.1, -0.05) is 12.1 Å². The van der Waals surface area contributed by atoms with E-state index in [-0.39, 0.29) is 5.78 Å². The van der Waals surface area contributed by atoms with Crippen LogP contribution in [0.2, 0.25) is 0 Å². The number of carbonyl (C=O) groups excluding carboxylic acids is 1. The number of hydrogen-bond donors (Lipinski definition) is 0. The molecule has 19 heavy (non-hydrogen) atoms. The average molecular weight is 269 g/mol. The highest BCUT2D eigenvalue weighted by Crippen LogP contribution is 2.29. The van der Waals surface area contributed by atoms with Crippen LogP contribution in [0.3, 0.4) is 0 Å². The third-order valence-electron chi connectivity index (χ3n) is 3.10. The molecule has 1 saturated heterocycles. The third-order valence-corrected chi connectivity index (χ3v) is 3.10. The molecule has 0 saturated carbocycles. The van der Waals surface area contributed by atoms with Crippen LogP contribution in [0.4, 0.5) is 13.2 Å². The first-order valence-corrected chi connectivity index (χ1v) is 5.96. The number of rotatable bonds is 1. The van der Waals surface area contributed by atoms with Crippen LogP contribution in [0.1, 0.15) is 17.5 Å². The summed E-state index contributed by atoms with van der Waals surface area (Å²) >= 11 is 0. The molecule has 2 nitrogen and oxygen atoms in total. The number of likely N-dealkylation sites (tertiary alicyclic amines) is 1. The maximum Gasteiger partial charge on any atom is 0.416 e. The summed E-state index contributed by atoms with van der Waals surface area (Å²) in [5.41, 5.74) is 0.585. The highest BCUT2D eigenvalue weighted by Gasteiger charge is 2.29. The van der Waals surface area contributed by atoms with E-state index in [4.69, 9.17) is 0 Å². The Kier molecular flexibility index (Phi) is 3.75. The maximum atomic E-state index is 12.4. The van der Waals surface area contributed by atoms with Crippen LogP contribution in [0.15, 0.2) is 29.8 Å². The minimum absolute atomic E-state index is 0.0676. The zero-order valence-corrected chi connectivity index (χ0v) is 10.5. The van der Waals surface area contributed by atoms with E-state index < -0.39 is 11.7 Å². The van der Waals surface area contributed by atoms with Gasteiger partial charge in [0.15, 0.2) is 5.78 Å². The highest BCUT2D eigenvalue weighted by molar-refractivity contribution is 6.00. The van der Waals surface area contributed by atoms with Gasteiger partial charge < -0.3 is 4.90 Å². The van der Waals surface area contributed by atoms with Gasteiger partial charge >= 0.3 is 6.18 Å². The summed E-state index contributed by atoms with van der Waals surface area (Å²) in [6.07, 6.45) is -2.20. The summed E-state index contributed by atoms with van der Waals surface area (Å²) in [7, 11) is 1.91. The fourth-order valence-electron chi connectivity index (χ4n) is 2.01. The molecule has 0 N–H and O–H groups in total. The van der Waals surface area contributed by atoms with E-state index >= 15 is 0 Å². The number of hydrogen-bond acceptors (Lipinski definition) is 2. The number of benzene rings is 1. The number of piperidine rings is 1. The molecule has 2 rings (SSSR count). The maximum absolute atomic E-state index is 12.4. The van der Waals surface area contributed by atoms with Crippen molar-refractivity contribution in [3.63, 3.8) is 0 Å². The second kappa shape index (κ2) is 5.17. The molecule has 1 aliphatic rings. The van der Waals surface area contributed by atoms with E-state index in [1.54, 1.807) is 6.08 Å². The van der Waals surface area contributed by atoms with E-state index in [1.807, 2.05) is 11.9 Å². The van der Waals surface area contributed by atoms with Crippen molar-refractivity contribution in [1.82, 2.24) is 4.90 Å². The van der Waals surface area contributed by atoms with Gasteiger partial charge in [0.2, 0.25) is 0 Å². The quantitative estimate of drug-likeness (QED) is 0.730. The fourth-order valence-corrected chi connectivity index (χ4v) is 2.01. The molecule has 5 heteroatoms. The number of halogens is 3. The Hall–Kier alpha value is -1.62. The summed E-state index contributed by atoms with van der Waals surface area (Å²) in [5.74, 6) is 0.0676. The second-order valence-corrected chi connectivity index (χ2v) is 4.70. The van der Waals surface area contributed by atoms with Gasteiger partial charge in [0, 0.05) is 25.1 Å². The van der Waals surface area contributed by atoms with Crippen molar-refractivity contribution in [2.75, 3.05) is 20.1 Å². The van der Waals surface area contributed by atoms with Crippen molar-refractivity contribution < 1.29 is 18.0 Å². The van der Waals surface area contributed by atoms with E-state index in [9.17, 15) is 18.0 Å². The monoisotopic (exact) mass is 269 g/mol. The van der Waals surface area contributed by atoms with E-state index in [2.05, 4.69) is 0 Å². The highest BCUT2D eigenvalue weighted by atomic mass is 19.4. The van der Waals surface area contributed by atoms with E-state index in [1.165, 1.54) is 12.1 Å². The fraction of sp³-hybridized carbons (Fsp3) is 0.357. The lowest BCUT2D eigenvalue weighted by Gasteiger charge is -2.23. The zero-order valence-electron chi connectivity index (χ0n) is 10.5. The molecule has 1 fully saturated rings. The number of Topliss-reactive ketones (excluding diaryl/α,β-unsaturated/α-hetero) is 1. The summed E-state index contributed by atoms with van der Waals surface area (Å²) in [4.78, 5) is 13.7. The van der Waals surface area contributed by atoms with Crippen LogP contribution in [0.25, 0.3) is 6.08 Å². The molecule has 0 aromatic heterocycles. The van der Waals surface area contributed by atoms with Crippen LogP contribution in [0.5, 0.6) is 0 Å². The van der Waals surface area contributed by atoms with Gasteiger partial charge in [-0.25, -0.2) is 0 Å². The first-order chi connectivity index (χ1) is 8.86. The Labute approximate surface area is 109 Å². The molecular weight excluding hydrogens is 255 g/mol. The van der Waals surface area contributed by atoms with Crippen LogP contribution in [-0.4, -0.2) is 30.8 Å². The van der Waals surface area contributed by atoms with Crippen molar-refractivity contribution in [1.29, 1.82) is 0 Å². The number of ketones is 1. The number of alkyl halides is 3. The Morgan fingerprint density at radius 1 is 1.21 bits per heavy atom. The van der Waals surface area contributed by atoms with E-state index in [0.717, 1.165) is 18.7 Å². The van der Waals surface area contributed by atoms with Gasteiger partial charge in [-0.05, 0) is 30.8 Å². The number of carbonyl (C=O) groups is 1. The van der Waals surface area contributed by atoms with Crippen molar-refractivity contribution in [3.05, 3.63) is 41.0 Å². The molecule has 102 valence electrons. The van der Waals surface area contributed by atoms with Crippen LogP contribution in [-0.2, 0) is 11.0 Å². The lowest BCUT2D eigenvalue weighted by Crippen LogP contribution is -2.32. The molecule has 0 aliphatic carbocycles. The Balaban J connectivity index is 2.21. The third kappa shape index (κ3) is 3.44. The molecule has 0 unspecified atom stereocenters. The normalized spacial score (nSPS) is 20.0. The lowest BCUT2D eigenvalue weighted by atomic mass is 10.0. The molecule has 1 aromatic rings. The van der Waals surface area contributed by atoms with Crippen molar-refractivity contribution in [3.8, 4) is 0 Å². The van der Waals surface area contributed by atoms with Gasteiger partial charge in [-0.3, -0.25) is 4.79 Å². The molecule has 0 spiro atoms. The van der Waals surface area contributed by atoms with Gasteiger partial charge in [0.05, 0.1) is 5.56 Å². The standard InChI is InChI=1S/C14H14F3NO/c1-18-7-6-13(19)11(9-18)8-10-2-4-12(5-3-10)14(15,16)17/h2-5,8H,6-7,9H2,1H3/b11-8+. The Bertz CT molecular complexity index is 502. The number of likely N-dealkylation sites (N-methyl/N-ethyl adjacent to an activating group) is 1. The van der Waals surface area contributed by atoms with Gasteiger partial charge in [-0.15, -0.1) is 0 Å². The second-order valence-electron chi connectivity index (χ2n) is 4.70. The molecule has 1 aromatic carbocycles. The van der Waals surface area contributed by atoms with Crippen molar-refractivity contribution in [2.45, 2.75) is 12.6 Å². The lowest BCUT2D eigenvalue weighted by molar-refractivity contribution is -0.137. The topological polar surface area (TPSA) is 20.3 Å². The summed E-state index contributed by atoms with van der Waals surface area (Å²) in [6, 6.07) is 4.84. The SMILES string of the molecule is CN1CCC(=O)/C(=C/c2ccc(C(F)(F)F)cc2)C1. The average Bonchev–Trinajstić information content (AvgIpc) is 2.33. The van der Waals surface area contributed by atoms with E-state index in [0.29, 0.717) is 24.1 Å². The minimum Gasteiger partial charge on any atom is -0.302 e. The Morgan fingerprint density at radius 2 is 1.84 bits per heavy atom. The Morgan fingerprint density at radius 3 is 2.42 bits per heavy atom. The number of nitrogens with zero attached hydrogens (tertiary/aromatic N) is 1.